The molecule has 3 aromatic rings. The number of nitrogens with one attached hydrogen (secondary N) is 1. The Kier molecular flexibility index (Phi) is 7.02. The quantitative estimate of drug-likeness (QED) is 0.331. The van der Waals surface area contributed by atoms with Gasteiger partial charge in [0.15, 0.2) is 5.16 Å². The summed E-state index contributed by atoms with van der Waals surface area (Å²) in [6, 6.07) is 8.37. The zero-order valence-electron chi connectivity index (χ0n) is 15.8. The number of esters is 1. The van der Waals surface area contributed by atoms with E-state index in [1.54, 1.807) is 37.4 Å². The number of benzene rings is 1. The molecule has 0 fully saturated rings. The summed E-state index contributed by atoms with van der Waals surface area (Å²) in [4.78, 5) is 41.5. The molecule has 0 radical (unpaired) electrons. The molecular formula is C19H19N3O5S2. The molecule has 29 heavy (non-hydrogen) atoms. The summed E-state index contributed by atoms with van der Waals surface area (Å²) in [5.74, 6) is -0.847. The molecule has 0 aliphatic carbocycles. The molecule has 2 aromatic heterocycles. The van der Waals surface area contributed by atoms with Gasteiger partial charge in [0.2, 0.25) is 5.91 Å². The summed E-state index contributed by atoms with van der Waals surface area (Å²) in [6.07, 6.45) is 0. The molecule has 1 aromatic carbocycles. The Labute approximate surface area is 174 Å². The van der Waals surface area contributed by atoms with Crippen molar-refractivity contribution in [2.24, 2.45) is 0 Å². The maximum Gasteiger partial charge on any atom is 0.339 e. The molecule has 1 amide bonds. The van der Waals surface area contributed by atoms with Crippen LogP contribution in [-0.2, 0) is 20.8 Å². The van der Waals surface area contributed by atoms with Gasteiger partial charge in [0.05, 0.1) is 42.8 Å². The first-order chi connectivity index (χ1) is 14.0. The molecule has 0 unspecified atom stereocenters. The van der Waals surface area contributed by atoms with Gasteiger partial charge >= 0.3 is 5.97 Å². The summed E-state index contributed by atoms with van der Waals surface area (Å²) in [7, 11) is 2.84. The van der Waals surface area contributed by atoms with E-state index in [-0.39, 0.29) is 22.8 Å². The van der Waals surface area contributed by atoms with Gasteiger partial charge in [0.25, 0.3) is 5.56 Å². The Morgan fingerprint density at radius 3 is 2.79 bits per heavy atom. The molecule has 0 spiro atoms. The van der Waals surface area contributed by atoms with Gasteiger partial charge in [-0.25, -0.2) is 9.78 Å². The summed E-state index contributed by atoms with van der Waals surface area (Å²) >= 11 is 2.48. The lowest BCUT2D eigenvalue weighted by atomic mass is 10.2. The van der Waals surface area contributed by atoms with Crippen LogP contribution >= 0.6 is 23.1 Å². The van der Waals surface area contributed by atoms with E-state index < -0.39 is 5.97 Å². The Morgan fingerprint density at radius 1 is 1.24 bits per heavy atom. The number of para-hydroxylation sites is 1. The zero-order chi connectivity index (χ0) is 20.8. The molecule has 0 aliphatic rings. The third kappa shape index (κ3) is 4.84. The van der Waals surface area contributed by atoms with Crippen LogP contribution in [0.3, 0.4) is 0 Å². The van der Waals surface area contributed by atoms with Gasteiger partial charge in [0, 0.05) is 7.11 Å². The fourth-order valence-electron chi connectivity index (χ4n) is 2.61. The second kappa shape index (κ2) is 9.68. The number of amides is 1. The van der Waals surface area contributed by atoms with Crippen molar-refractivity contribution < 1.29 is 19.1 Å². The van der Waals surface area contributed by atoms with Crippen molar-refractivity contribution in [3.8, 4) is 0 Å². The molecule has 2 heterocycles. The van der Waals surface area contributed by atoms with Gasteiger partial charge in [-0.2, -0.15) is 0 Å². The smallest absolute Gasteiger partial charge is 0.339 e. The van der Waals surface area contributed by atoms with Crippen molar-refractivity contribution in [2.75, 3.05) is 31.9 Å². The predicted molar refractivity (Wildman–Crippen MR) is 113 cm³/mol. The standard InChI is InChI=1S/C19H19N3O5S2/c1-26-9-8-22-17(24)16-14(7-10-28-16)21-19(22)29-11-15(23)20-13-6-4-3-5-12(13)18(25)27-2/h3-7,10H,8-9,11H2,1-2H3,(H,20,23). The van der Waals surface area contributed by atoms with E-state index in [2.05, 4.69) is 10.3 Å². The highest BCUT2D eigenvalue weighted by atomic mass is 32.2. The van der Waals surface area contributed by atoms with Crippen molar-refractivity contribution in [3.05, 3.63) is 51.6 Å². The third-order valence-electron chi connectivity index (χ3n) is 3.99. The summed E-state index contributed by atoms with van der Waals surface area (Å²) in [5.41, 5.74) is 1.08. The minimum absolute atomic E-state index is 0.0184. The number of thioether (sulfide) groups is 1. The number of carbonyl (C=O) groups excluding carboxylic acids is 2. The zero-order valence-corrected chi connectivity index (χ0v) is 17.5. The van der Waals surface area contributed by atoms with Crippen LogP contribution in [0, 0.1) is 0 Å². The number of rotatable bonds is 8. The fourth-order valence-corrected chi connectivity index (χ4v) is 4.21. The second-order valence-corrected chi connectivity index (χ2v) is 7.71. The van der Waals surface area contributed by atoms with Crippen LogP contribution in [0.1, 0.15) is 10.4 Å². The van der Waals surface area contributed by atoms with Gasteiger partial charge in [-0.05, 0) is 23.6 Å². The highest BCUT2D eigenvalue weighted by Gasteiger charge is 2.16. The van der Waals surface area contributed by atoms with Gasteiger partial charge < -0.3 is 14.8 Å². The lowest BCUT2D eigenvalue weighted by molar-refractivity contribution is -0.113. The monoisotopic (exact) mass is 433 g/mol. The minimum atomic E-state index is -0.536. The number of hydrogen-bond acceptors (Lipinski definition) is 8. The average Bonchev–Trinajstić information content (AvgIpc) is 3.20. The van der Waals surface area contributed by atoms with E-state index >= 15 is 0 Å². The average molecular weight is 434 g/mol. The van der Waals surface area contributed by atoms with Crippen molar-refractivity contribution in [3.63, 3.8) is 0 Å². The Hall–Kier alpha value is -2.69. The lowest BCUT2D eigenvalue weighted by Gasteiger charge is -2.12. The summed E-state index contributed by atoms with van der Waals surface area (Å²) < 4.78 is 11.9. The minimum Gasteiger partial charge on any atom is -0.465 e. The number of ether oxygens (including phenoxy) is 2. The Morgan fingerprint density at radius 2 is 2.03 bits per heavy atom. The van der Waals surface area contributed by atoms with Crippen molar-refractivity contribution in [1.82, 2.24) is 9.55 Å². The first kappa shape index (κ1) is 21.0. The van der Waals surface area contributed by atoms with Gasteiger partial charge in [-0.15, -0.1) is 11.3 Å². The number of thiophene rings is 1. The Bertz CT molecular complexity index is 1090. The van der Waals surface area contributed by atoms with Crippen LogP contribution in [0.4, 0.5) is 5.69 Å². The molecular weight excluding hydrogens is 414 g/mol. The number of aromatic nitrogens is 2. The maximum absolute atomic E-state index is 12.7. The van der Waals surface area contributed by atoms with E-state index in [0.717, 1.165) is 11.8 Å². The van der Waals surface area contributed by atoms with Crippen LogP contribution in [0.5, 0.6) is 0 Å². The van der Waals surface area contributed by atoms with E-state index in [1.807, 2.05) is 5.38 Å². The molecule has 0 bridgehead atoms. The first-order valence-corrected chi connectivity index (χ1v) is 10.5. The molecule has 0 aliphatic heterocycles. The fraction of sp³-hybridized carbons (Fsp3) is 0.263. The maximum atomic E-state index is 12.7. The van der Waals surface area contributed by atoms with Crippen LogP contribution in [0.25, 0.3) is 10.2 Å². The molecule has 8 nitrogen and oxygen atoms in total. The van der Waals surface area contributed by atoms with E-state index in [9.17, 15) is 14.4 Å². The number of anilines is 1. The lowest BCUT2D eigenvalue weighted by Crippen LogP contribution is -2.25. The third-order valence-corrected chi connectivity index (χ3v) is 5.86. The molecule has 0 saturated carbocycles. The van der Waals surface area contributed by atoms with Crippen molar-refractivity contribution >= 4 is 50.9 Å². The van der Waals surface area contributed by atoms with Crippen LogP contribution in [0.2, 0.25) is 0 Å². The number of nitrogens with zero attached hydrogens (tertiary/aromatic N) is 2. The molecule has 3 rings (SSSR count). The summed E-state index contributed by atoms with van der Waals surface area (Å²) in [6.45, 7) is 0.691. The molecule has 10 heteroatoms. The predicted octanol–water partition coefficient (Wildman–Crippen LogP) is 2.62. The molecule has 1 N–H and O–H groups in total. The Balaban J connectivity index is 1.78. The van der Waals surface area contributed by atoms with E-state index in [0.29, 0.717) is 34.2 Å². The number of methoxy groups -OCH3 is 2. The topological polar surface area (TPSA) is 99.5 Å². The van der Waals surface area contributed by atoms with Gasteiger partial charge in [0.1, 0.15) is 4.70 Å². The van der Waals surface area contributed by atoms with Gasteiger partial charge in [-0.3, -0.25) is 14.2 Å². The van der Waals surface area contributed by atoms with Gasteiger partial charge in [-0.1, -0.05) is 23.9 Å². The van der Waals surface area contributed by atoms with Crippen LogP contribution < -0.4 is 10.9 Å². The molecule has 0 saturated heterocycles. The summed E-state index contributed by atoms with van der Waals surface area (Å²) in [5, 5.41) is 4.96. The first-order valence-electron chi connectivity index (χ1n) is 8.62. The van der Waals surface area contributed by atoms with Crippen LogP contribution in [0.15, 0.2) is 45.7 Å². The highest BCUT2D eigenvalue weighted by molar-refractivity contribution is 7.99. The van der Waals surface area contributed by atoms with Crippen molar-refractivity contribution in [2.45, 2.75) is 11.7 Å². The normalized spacial score (nSPS) is 10.8. The molecule has 152 valence electrons. The number of hydrogen-bond donors (Lipinski definition) is 1. The highest BCUT2D eigenvalue weighted by Crippen LogP contribution is 2.22. The molecule has 0 atom stereocenters. The van der Waals surface area contributed by atoms with Crippen molar-refractivity contribution in [1.29, 1.82) is 0 Å². The van der Waals surface area contributed by atoms with E-state index in [4.69, 9.17) is 9.47 Å². The number of carbonyl (C=O) groups is 2. The second-order valence-electron chi connectivity index (χ2n) is 5.85. The van der Waals surface area contributed by atoms with Crippen LogP contribution in [-0.4, -0.2) is 48.0 Å². The SMILES string of the molecule is COCCn1c(SCC(=O)Nc2ccccc2C(=O)OC)nc2ccsc2c1=O. The largest absolute Gasteiger partial charge is 0.465 e. The van der Waals surface area contributed by atoms with E-state index in [1.165, 1.54) is 23.0 Å². The number of fused-ring (bicyclic) bond motifs is 1.